The van der Waals surface area contributed by atoms with Gasteiger partial charge in [0.2, 0.25) is 10.2 Å². The smallest absolute Gasteiger partial charge is 0.368 e. The Hall–Kier alpha value is -1.03. The van der Waals surface area contributed by atoms with Crippen molar-refractivity contribution in [2.45, 2.75) is 38.9 Å². The fraction of sp³-hybridized carbons (Fsp3) is 0.600. The first-order chi connectivity index (χ1) is 11.4. The number of carbonyl (C=O) groups excluding carboxylic acids is 2. The van der Waals surface area contributed by atoms with E-state index in [4.69, 9.17) is 0 Å². The summed E-state index contributed by atoms with van der Waals surface area (Å²) in [6.07, 6.45) is -5.70. The first-order valence-electron chi connectivity index (χ1n) is 7.21. The molecule has 142 valence electrons. The van der Waals surface area contributed by atoms with Gasteiger partial charge in [-0.1, -0.05) is 37.4 Å². The van der Waals surface area contributed by atoms with Crippen LogP contribution in [-0.4, -0.2) is 41.4 Å². The van der Waals surface area contributed by atoms with E-state index in [-0.39, 0.29) is 17.9 Å². The molecule has 0 saturated heterocycles. The maximum atomic E-state index is 13.4. The summed E-state index contributed by atoms with van der Waals surface area (Å²) in [6, 6.07) is -2.57. The fourth-order valence-corrected chi connectivity index (χ4v) is 3.39. The monoisotopic (exact) mass is 403 g/mol. The van der Waals surface area contributed by atoms with Gasteiger partial charge in [-0.05, 0) is 30.4 Å². The molecule has 1 rings (SSSR count). The molecule has 0 radical (unpaired) electrons. The Balaban J connectivity index is 3.82. The molecule has 0 aromatic rings. The third kappa shape index (κ3) is 4.99. The summed E-state index contributed by atoms with van der Waals surface area (Å²) in [5.74, 6) is -0.241. The summed E-state index contributed by atoms with van der Waals surface area (Å²) >= 11 is 1.16. The number of nitrogens with one attached hydrogen (secondary N) is 1. The quantitative estimate of drug-likeness (QED) is 0.699. The Labute approximate surface area is 150 Å². The second-order valence-corrected chi connectivity index (χ2v) is 7.24. The van der Waals surface area contributed by atoms with Crippen molar-refractivity contribution in [3.8, 4) is 0 Å². The van der Waals surface area contributed by atoms with Crippen molar-refractivity contribution >= 4 is 33.8 Å². The van der Waals surface area contributed by atoms with E-state index < -0.39 is 45.7 Å². The van der Waals surface area contributed by atoms with E-state index in [0.717, 1.165) is 0 Å². The Bertz CT molecular complexity index is 612. The number of allylic oxidation sites excluding steroid dienone is 2. The van der Waals surface area contributed by atoms with Crippen LogP contribution in [0, 0.1) is 5.92 Å². The van der Waals surface area contributed by atoms with Gasteiger partial charge in [0.1, 0.15) is 0 Å². The molecule has 1 aliphatic heterocycles. The summed E-state index contributed by atoms with van der Waals surface area (Å²) in [7, 11) is 0. The molecule has 10 heteroatoms. The minimum atomic E-state index is -4.96. The van der Waals surface area contributed by atoms with Crippen molar-refractivity contribution in [1.82, 2.24) is 5.32 Å². The normalized spacial score (nSPS) is 18.9. The maximum absolute atomic E-state index is 13.4. The molecule has 0 fully saturated rings. The number of dihydropyridines is 1. The lowest BCUT2D eigenvalue weighted by Gasteiger charge is -2.34. The molecule has 0 aromatic heterocycles. The summed E-state index contributed by atoms with van der Waals surface area (Å²) < 4.78 is 67.1. The van der Waals surface area contributed by atoms with Gasteiger partial charge >= 0.3 is 6.18 Å². The van der Waals surface area contributed by atoms with Crippen LogP contribution < -0.4 is 5.32 Å². The molecule has 0 saturated carbocycles. The van der Waals surface area contributed by atoms with E-state index in [1.807, 2.05) is 0 Å². The molecule has 0 bridgehead atoms. The Morgan fingerprint density at radius 3 is 2.00 bits per heavy atom. The van der Waals surface area contributed by atoms with Gasteiger partial charge in [0, 0.05) is 5.57 Å². The van der Waals surface area contributed by atoms with Crippen molar-refractivity contribution in [1.29, 1.82) is 0 Å². The van der Waals surface area contributed by atoms with Crippen molar-refractivity contribution < 1.29 is 31.5 Å². The molecule has 1 aliphatic rings. The van der Waals surface area contributed by atoms with E-state index in [1.165, 1.54) is 12.5 Å². The highest BCUT2D eigenvalue weighted by molar-refractivity contribution is 8.13. The standard InChI is InChI=1S/C15H18F5NO2S2/c1-6(2)5-7-8(13(22)24-3)10(12(16)17)21-11(15(18,19)20)9(7)14(23)25-4/h6,11-12,21H,5H2,1-4H3. The highest BCUT2D eigenvalue weighted by Crippen LogP contribution is 2.41. The third-order valence-corrected chi connectivity index (χ3v) is 4.60. The van der Waals surface area contributed by atoms with E-state index in [2.05, 4.69) is 0 Å². The van der Waals surface area contributed by atoms with Gasteiger partial charge in [-0.25, -0.2) is 8.78 Å². The minimum Gasteiger partial charge on any atom is -0.368 e. The zero-order valence-electron chi connectivity index (χ0n) is 14.0. The van der Waals surface area contributed by atoms with Crippen LogP contribution in [0.5, 0.6) is 0 Å². The molecule has 0 amide bonds. The van der Waals surface area contributed by atoms with Gasteiger partial charge in [-0.3, -0.25) is 9.59 Å². The highest BCUT2D eigenvalue weighted by Gasteiger charge is 2.50. The zero-order valence-corrected chi connectivity index (χ0v) is 15.6. The van der Waals surface area contributed by atoms with Crippen LogP contribution in [0.25, 0.3) is 0 Å². The minimum absolute atomic E-state index is 0.0895. The predicted octanol–water partition coefficient (Wildman–Crippen LogP) is 4.16. The first kappa shape index (κ1) is 22.0. The Morgan fingerprint density at radius 2 is 1.64 bits per heavy atom. The molecule has 0 spiro atoms. The van der Waals surface area contributed by atoms with Gasteiger partial charge in [-0.2, -0.15) is 13.2 Å². The van der Waals surface area contributed by atoms with Crippen LogP contribution >= 0.6 is 23.5 Å². The number of rotatable bonds is 5. The van der Waals surface area contributed by atoms with Crippen LogP contribution in [0.2, 0.25) is 0 Å². The lowest BCUT2D eigenvalue weighted by molar-refractivity contribution is -0.149. The van der Waals surface area contributed by atoms with Gasteiger partial charge in [0.15, 0.2) is 6.04 Å². The van der Waals surface area contributed by atoms with Gasteiger partial charge in [0.05, 0.1) is 11.3 Å². The summed E-state index contributed by atoms with van der Waals surface area (Å²) in [5.41, 5.74) is -2.51. The van der Waals surface area contributed by atoms with E-state index in [0.29, 0.717) is 23.5 Å². The Kier molecular flexibility index (Phi) is 7.54. The topological polar surface area (TPSA) is 46.2 Å². The van der Waals surface area contributed by atoms with Crippen molar-refractivity contribution in [3.63, 3.8) is 0 Å². The molecule has 1 unspecified atom stereocenters. The molecule has 1 N–H and O–H groups in total. The first-order valence-corrected chi connectivity index (χ1v) is 9.66. The van der Waals surface area contributed by atoms with Crippen molar-refractivity contribution in [2.75, 3.05) is 12.5 Å². The van der Waals surface area contributed by atoms with E-state index >= 15 is 0 Å². The fourth-order valence-electron chi connectivity index (χ4n) is 2.50. The van der Waals surface area contributed by atoms with Gasteiger partial charge in [-0.15, -0.1) is 0 Å². The average Bonchev–Trinajstić information content (AvgIpc) is 2.50. The lowest BCUT2D eigenvalue weighted by Crippen LogP contribution is -2.49. The maximum Gasteiger partial charge on any atom is 0.412 e. The molecule has 1 heterocycles. The van der Waals surface area contributed by atoms with Crippen molar-refractivity contribution in [2.24, 2.45) is 5.92 Å². The molecule has 0 aromatic carbocycles. The number of carbonyl (C=O) groups is 2. The molecule has 0 aliphatic carbocycles. The highest BCUT2D eigenvalue weighted by atomic mass is 32.2. The molecular formula is C15H18F5NO2S2. The van der Waals surface area contributed by atoms with E-state index in [9.17, 15) is 31.5 Å². The molecule has 1 atom stereocenters. The number of alkyl halides is 5. The van der Waals surface area contributed by atoms with Crippen LogP contribution in [0.4, 0.5) is 22.0 Å². The molecular weight excluding hydrogens is 385 g/mol. The number of halogens is 5. The second-order valence-electron chi connectivity index (χ2n) is 5.68. The lowest BCUT2D eigenvalue weighted by atomic mass is 9.85. The third-order valence-electron chi connectivity index (χ3n) is 3.44. The van der Waals surface area contributed by atoms with Crippen LogP contribution in [0.3, 0.4) is 0 Å². The summed E-state index contributed by atoms with van der Waals surface area (Å²) in [6.45, 7) is 3.34. The second kappa shape index (κ2) is 8.57. The Morgan fingerprint density at radius 1 is 1.12 bits per heavy atom. The number of thioether (sulfide) groups is 2. The van der Waals surface area contributed by atoms with Gasteiger partial charge < -0.3 is 5.32 Å². The predicted molar refractivity (Wildman–Crippen MR) is 89.5 cm³/mol. The number of hydrogen-bond acceptors (Lipinski definition) is 5. The SMILES string of the molecule is CSC(=O)C1=C(C(F)F)NC(C(F)(F)F)C(C(=O)SC)=C1CC(C)C. The van der Waals surface area contributed by atoms with Gasteiger partial charge in [0.25, 0.3) is 6.43 Å². The average molecular weight is 403 g/mol. The van der Waals surface area contributed by atoms with Crippen LogP contribution in [0.15, 0.2) is 22.4 Å². The summed E-state index contributed by atoms with van der Waals surface area (Å²) in [4.78, 5) is 24.4. The largest absolute Gasteiger partial charge is 0.412 e. The zero-order chi connectivity index (χ0) is 19.5. The summed E-state index contributed by atoms with van der Waals surface area (Å²) in [5, 5.41) is 0.00668. The van der Waals surface area contributed by atoms with E-state index in [1.54, 1.807) is 19.2 Å². The van der Waals surface area contributed by atoms with Crippen LogP contribution in [-0.2, 0) is 9.59 Å². The molecule has 25 heavy (non-hydrogen) atoms. The number of hydrogen-bond donors (Lipinski definition) is 1. The van der Waals surface area contributed by atoms with Crippen LogP contribution in [0.1, 0.15) is 20.3 Å². The molecule has 3 nitrogen and oxygen atoms in total. The van der Waals surface area contributed by atoms with Crippen molar-refractivity contribution in [3.05, 3.63) is 22.4 Å².